The summed E-state index contributed by atoms with van der Waals surface area (Å²) in [6, 6.07) is 8.96. The van der Waals surface area contributed by atoms with Gasteiger partial charge in [0.25, 0.3) is 0 Å². The van der Waals surface area contributed by atoms with Gasteiger partial charge in [-0.15, -0.1) is 0 Å². The summed E-state index contributed by atoms with van der Waals surface area (Å²) in [5, 5.41) is 0. The molecule has 2 aromatic carbocycles. The molecule has 0 N–H and O–H groups in total. The second-order valence-corrected chi connectivity index (χ2v) is 9.20. The molecule has 0 atom stereocenters. The predicted octanol–water partition coefficient (Wildman–Crippen LogP) is 3.42. The Kier molecular flexibility index (Phi) is 5.11. The van der Waals surface area contributed by atoms with Crippen LogP contribution in [0.1, 0.15) is 24.0 Å². The number of piperidine rings is 1. The van der Waals surface area contributed by atoms with Crippen molar-refractivity contribution < 1.29 is 21.9 Å². The maximum absolute atomic E-state index is 14.0. The average molecular weight is 408 g/mol. The maximum Gasteiger partial charge on any atom is 0.245 e. The number of hydrogen-bond acceptors (Lipinski definition) is 4. The first kappa shape index (κ1) is 19.3. The molecule has 0 aromatic heterocycles. The van der Waals surface area contributed by atoms with E-state index in [0.717, 1.165) is 23.4 Å². The van der Waals surface area contributed by atoms with Gasteiger partial charge in [-0.25, -0.2) is 17.2 Å². The number of fused-ring (bicyclic) bond motifs is 1. The molecule has 0 aliphatic carbocycles. The highest BCUT2D eigenvalue weighted by molar-refractivity contribution is 7.89. The summed E-state index contributed by atoms with van der Waals surface area (Å²) in [6.45, 7) is 3.64. The molecular weight excluding hydrogens is 386 g/mol. The normalized spacial score (nSPS) is 18.9. The number of halogens is 2. The molecule has 0 bridgehead atoms. The van der Waals surface area contributed by atoms with E-state index in [1.165, 1.54) is 9.87 Å². The molecule has 0 spiro atoms. The van der Waals surface area contributed by atoms with Crippen LogP contribution >= 0.6 is 0 Å². The lowest BCUT2D eigenvalue weighted by atomic mass is 10.0. The summed E-state index contributed by atoms with van der Waals surface area (Å²) in [5.41, 5.74) is 3.43. The Labute approximate surface area is 163 Å². The first-order chi connectivity index (χ1) is 13.4. The van der Waals surface area contributed by atoms with Crippen molar-refractivity contribution in [1.82, 2.24) is 4.31 Å². The smallest absolute Gasteiger partial charge is 0.245 e. The van der Waals surface area contributed by atoms with Gasteiger partial charge in [-0.05, 0) is 38.0 Å². The highest BCUT2D eigenvalue weighted by atomic mass is 32.2. The molecule has 0 amide bonds. The fourth-order valence-electron chi connectivity index (χ4n) is 3.95. The maximum atomic E-state index is 14.0. The first-order valence-electron chi connectivity index (χ1n) is 9.25. The van der Waals surface area contributed by atoms with Crippen LogP contribution in [0.4, 0.5) is 14.5 Å². The SMILES string of the molecule is Cc1ccc2c(c1)COCN2C1CCN(S(=O)(=O)c2ccc(F)cc2F)CC1. The zero-order valence-corrected chi connectivity index (χ0v) is 16.4. The van der Waals surface area contributed by atoms with Crippen LogP contribution in [0.15, 0.2) is 41.3 Å². The number of anilines is 1. The zero-order valence-electron chi connectivity index (χ0n) is 15.6. The van der Waals surface area contributed by atoms with Crippen LogP contribution in [0.25, 0.3) is 0 Å². The van der Waals surface area contributed by atoms with Crippen molar-refractivity contribution >= 4 is 15.7 Å². The van der Waals surface area contributed by atoms with Gasteiger partial charge in [-0.2, -0.15) is 4.31 Å². The Morgan fingerprint density at radius 2 is 1.82 bits per heavy atom. The van der Waals surface area contributed by atoms with Crippen molar-refractivity contribution in [2.24, 2.45) is 0 Å². The molecule has 2 aliphatic rings. The standard InChI is InChI=1S/C20H22F2N2O3S/c1-14-2-4-19-15(10-14)12-27-13-24(19)17-6-8-23(9-7-17)28(25,26)20-5-3-16(21)11-18(20)22/h2-5,10-11,17H,6-9,12-13H2,1H3. The third-order valence-electron chi connectivity index (χ3n) is 5.41. The third kappa shape index (κ3) is 3.52. The number of benzene rings is 2. The van der Waals surface area contributed by atoms with Crippen molar-refractivity contribution in [2.45, 2.75) is 37.3 Å². The van der Waals surface area contributed by atoms with E-state index >= 15 is 0 Å². The minimum absolute atomic E-state index is 0.145. The Hall–Kier alpha value is -2.03. The lowest BCUT2D eigenvalue weighted by molar-refractivity contribution is 0.0987. The third-order valence-corrected chi connectivity index (χ3v) is 7.34. The monoisotopic (exact) mass is 408 g/mol. The predicted molar refractivity (Wildman–Crippen MR) is 101 cm³/mol. The number of aryl methyl sites for hydroxylation is 1. The molecule has 0 saturated carbocycles. The second kappa shape index (κ2) is 7.42. The Bertz CT molecular complexity index is 989. The van der Waals surface area contributed by atoms with Crippen LogP contribution in [0.5, 0.6) is 0 Å². The number of ether oxygens (including phenoxy) is 1. The molecule has 5 nitrogen and oxygen atoms in total. The molecule has 2 heterocycles. The van der Waals surface area contributed by atoms with Gasteiger partial charge in [0.05, 0.1) is 6.61 Å². The first-order valence-corrected chi connectivity index (χ1v) is 10.7. The Balaban J connectivity index is 1.50. The summed E-state index contributed by atoms with van der Waals surface area (Å²) in [6.07, 6.45) is 1.22. The molecule has 0 unspecified atom stereocenters. The number of nitrogens with zero attached hydrogens (tertiary/aromatic N) is 2. The van der Waals surface area contributed by atoms with E-state index in [9.17, 15) is 17.2 Å². The van der Waals surface area contributed by atoms with Gasteiger partial charge in [-0.1, -0.05) is 17.7 Å². The summed E-state index contributed by atoms with van der Waals surface area (Å²) in [4.78, 5) is 1.70. The van der Waals surface area contributed by atoms with E-state index in [0.29, 0.717) is 32.2 Å². The molecule has 150 valence electrons. The quantitative estimate of drug-likeness (QED) is 0.781. The van der Waals surface area contributed by atoms with E-state index in [2.05, 4.69) is 23.1 Å². The van der Waals surface area contributed by atoms with E-state index < -0.39 is 26.6 Å². The lowest BCUT2D eigenvalue weighted by Crippen LogP contribution is -2.48. The molecule has 8 heteroatoms. The second-order valence-electron chi connectivity index (χ2n) is 7.29. The molecule has 28 heavy (non-hydrogen) atoms. The molecule has 1 saturated heterocycles. The zero-order chi connectivity index (χ0) is 19.9. The summed E-state index contributed by atoms with van der Waals surface area (Å²) >= 11 is 0. The number of hydrogen-bond donors (Lipinski definition) is 0. The Morgan fingerprint density at radius 1 is 1.07 bits per heavy atom. The van der Waals surface area contributed by atoms with Crippen LogP contribution in [0.3, 0.4) is 0 Å². The van der Waals surface area contributed by atoms with E-state index in [1.807, 2.05) is 6.92 Å². The summed E-state index contributed by atoms with van der Waals surface area (Å²) in [5.74, 6) is -1.86. The van der Waals surface area contributed by atoms with Crippen molar-refractivity contribution in [3.8, 4) is 0 Å². The minimum atomic E-state index is -3.99. The van der Waals surface area contributed by atoms with E-state index in [4.69, 9.17) is 4.74 Å². The highest BCUT2D eigenvalue weighted by Gasteiger charge is 2.34. The van der Waals surface area contributed by atoms with Gasteiger partial charge in [0.2, 0.25) is 10.0 Å². The van der Waals surface area contributed by atoms with E-state index in [-0.39, 0.29) is 19.1 Å². The van der Waals surface area contributed by atoms with Crippen LogP contribution in [-0.4, -0.2) is 38.6 Å². The molecule has 2 aliphatic heterocycles. The molecular formula is C20H22F2N2O3S. The van der Waals surface area contributed by atoms with Crippen molar-refractivity contribution in [1.29, 1.82) is 0 Å². The summed E-state index contributed by atoms with van der Waals surface area (Å²) in [7, 11) is -3.99. The number of rotatable bonds is 3. The fourth-order valence-corrected chi connectivity index (χ4v) is 5.47. The van der Waals surface area contributed by atoms with Crippen LogP contribution < -0.4 is 4.90 Å². The van der Waals surface area contributed by atoms with Crippen LogP contribution in [0.2, 0.25) is 0 Å². The molecule has 2 aromatic rings. The molecule has 4 rings (SSSR count). The van der Waals surface area contributed by atoms with Gasteiger partial charge in [0.1, 0.15) is 23.3 Å². The highest BCUT2D eigenvalue weighted by Crippen LogP contribution is 2.32. The average Bonchev–Trinajstić information content (AvgIpc) is 2.67. The van der Waals surface area contributed by atoms with Crippen LogP contribution in [0, 0.1) is 18.6 Å². The number of sulfonamides is 1. The van der Waals surface area contributed by atoms with Gasteiger partial charge in [0.15, 0.2) is 0 Å². The van der Waals surface area contributed by atoms with Crippen LogP contribution in [-0.2, 0) is 21.4 Å². The summed E-state index contributed by atoms with van der Waals surface area (Å²) < 4.78 is 59.6. The van der Waals surface area contributed by atoms with Gasteiger partial charge >= 0.3 is 0 Å². The van der Waals surface area contributed by atoms with Crippen molar-refractivity contribution in [3.05, 3.63) is 59.2 Å². The van der Waals surface area contributed by atoms with Gasteiger partial charge < -0.3 is 9.64 Å². The molecule has 0 radical (unpaired) electrons. The topological polar surface area (TPSA) is 49.9 Å². The lowest BCUT2D eigenvalue weighted by Gasteiger charge is -2.41. The van der Waals surface area contributed by atoms with Gasteiger partial charge in [-0.3, -0.25) is 0 Å². The van der Waals surface area contributed by atoms with Gasteiger partial charge in [0, 0.05) is 36.4 Å². The largest absolute Gasteiger partial charge is 0.356 e. The van der Waals surface area contributed by atoms with E-state index in [1.54, 1.807) is 0 Å². The fraction of sp³-hybridized carbons (Fsp3) is 0.400. The molecule has 1 fully saturated rings. The Morgan fingerprint density at radius 3 is 2.54 bits per heavy atom. The van der Waals surface area contributed by atoms with Crippen molar-refractivity contribution in [2.75, 3.05) is 24.7 Å². The van der Waals surface area contributed by atoms with Crippen molar-refractivity contribution in [3.63, 3.8) is 0 Å². The minimum Gasteiger partial charge on any atom is -0.356 e.